The third-order valence-electron chi connectivity index (χ3n) is 4.78. The second-order valence-corrected chi connectivity index (χ2v) is 7.80. The first-order chi connectivity index (χ1) is 12.1. The number of carbonyl (C=O) groups excluding carboxylic acids is 1. The lowest BCUT2D eigenvalue weighted by molar-refractivity contribution is -0.0358. The highest BCUT2D eigenvalue weighted by molar-refractivity contribution is 5.69. The molecule has 2 N–H and O–H groups in total. The van der Waals surface area contributed by atoms with Gasteiger partial charge >= 0.3 is 18.3 Å². The van der Waals surface area contributed by atoms with Crippen molar-refractivity contribution in [3.63, 3.8) is 0 Å². The van der Waals surface area contributed by atoms with Crippen LogP contribution in [-0.4, -0.2) is 75.2 Å². The van der Waals surface area contributed by atoms with Gasteiger partial charge in [0.05, 0.1) is 24.7 Å². The normalized spacial score (nSPS) is 26.0. The van der Waals surface area contributed by atoms with E-state index in [4.69, 9.17) is 9.47 Å². The number of ether oxygens (including phenoxy) is 2. The first-order valence-corrected chi connectivity index (χ1v) is 8.96. The Hall–Kier alpha value is -2.19. The summed E-state index contributed by atoms with van der Waals surface area (Å²) < 4.78 is 10.1. The molecular weight excluding hydrogens is 344 g/mol. The van der Waals surface area contributed by atoms with E-state index in [0.717, 1.165) is 12.8 Å². The molecule has 1 aliphatic heterocycles. The molecule has 2 rings (SSSR count). The number of carbonyl (C=O) groups is 3. The van der Waals surface area contributed by atoms with E-state index in [0.29, 0.717) is 12.8 Å². The number of piperazine rings is 1. The molecule has 1 saturated carbocycles. The molecule has 26 heavy (non-hydrogen) atoms. The zero-order chi connectivity index (χ0) is 19.5. The highest BCUT2D eigenvalue weighted by atomic mass is 16.7. The molecular formula is C17H28N2O7. The second kappa shape index (κ2) is 8.01. The average molecular weight is 372 g/mol. The van der Waals surface area contributed by atoms with Gasteiger partial charge in [-0.3, -0.25) is 4.90 Å². The third-order valence-corrected chi connectivity index (χ3v) is 4.78. The summed E-state index contributed by atoms with van der Waals surface area (Å²) in [5, 5.41) is 19.2. The molecule has 1 heterocycles. The lowest BCUT2D eigenvalue weighted by Gasteiger charge is -2.51. The van der Waals surface area contributed by atoms with Gasteiger partial charge in [0.2, 0.25) is 0 Å². The molecule has 148 valence electrons. The molecule has 0 aromatic carbocycles. The number of hydrogen-bond acceptors (Lipinski definition) is 5. The minimum Gasteiger partial charge on any atom is -0.465 e. The minimum atomic E-state index is -1.06. The molecule has 2 aliphatic rings. The number of rotatable bonds is 3. The maximum Gasteiger partial charge on any atom is 0.508 e. The molecule has 0 aromatic heterocycles. The van der Waals surface area contributed by atoms with Gasteiger partial charge in [-0.05, 0) is 33.6 Å². The summed E-state index contributed by atoms with van der Waals surface area (Å²) in [5.41, 5.74) is -0.676. The predicted molar refractivity (Wildman–Crippen MR) is 91.2 cm³/mol. The van der Waals surface area contributed by atoms with Gasteiger partial charge in [-0.15, -0.1) is 0 Å². The molecule has 3 atom stereocenters. The van der Waals surface area contributed by atoms with Crippen LogP contribution in [0.4, 0.5) is 14.4 Å². The Balaban J connectivity index is 2.03. The zero-order valence-electron chi connectivity index (χ0n) is 15.5. The van der Waals surface area contributed by atoms with E-state index in [2.05, 4.69) is 0 Å². The first kappa shape index (κ1) is 20.1. The third kappa shape index (κ3) is 4.92. The van der Waals surface area contributed by atoms with E-state index in [-0.39, 0.29) is 31.7 Å². The Morgan fingerprint density at radius 1 is 1.04 bits per heavy atom. The molecule has 2 fully saturated rings. The van der Waals surface area contributed by atoms with Gasteiger partial charge in [0.25, 0.3) is 0 Å². The Labute approximate surface area is 152 Å². The highest BCUT2D eigenvalue weighted by Gasteiger charge is 2.46. The van der Waals surface area contributed by atoms with Crippen LogP contribution >= 0.6 is 0 Å². The summed E-state index contributed by atoms with van der Waals surface area (Å²) >= 11 is 0. The van der Waals surface area contributed by atoms with Gasteiger partial charge in [0.1, 0.15) is 5.60 Å². The number of hydrogen-bond donors (Lipinski definition) is 2. The summed E-state index contributed by atoms with van der Waals surface area (Å²) in [6, 6.07) is -1.21. The van der Waals surface area contributed by atoms with E-state index in [1.54, 1.807) is 20.8 Å². The van der Waals surface area contributed by atoms with Crippen LogP contribution in [0.2, 0.25) is 0 Å². The van der Waals surface area contributed by atoms with Gasteiger partial charge in [-0.2, -0.15) is 0 Å². The van der Waals surface area contributed by atoms with E-state index >= 15 is 0 Å². The van der Waals surface area contributed by atoms with Crippen molar-refractivity contribution in [1.29, 1.82) is 0 Å². The van der Waals surface area contributed by atoms with Crippen LogP contribution in [0.1, 0.15) is 52.9 Å². The monoisotopic (exact) mass is 372 g/mol. The van der Waals surface area contributed by atoms with Gasteiger partial charge in [-0.25, -0.2) is 14.4 Å². The lowest BCUT2D eigenvalue weighted by atomic mass is 9.84. The molecule has 0 radical (unpaired) electrons. The quantitative estimate of drug-likeness (QED) is 0.731. The van der Waals surface area contributed by atoms with Crippen LogP contribution in [-0.2, 0) is 9.47 Å². The van der Waals surface area contributed by atoms with Crippen molar-refractivity contribution in [2.75, 3.05) is 13.2 Å². The van der Waals surface area contributed by atoms with Crippen LogP contribution in [0.3, 0.4) is 0 Å². The van der Waals surface area contributed by atoms with Gasteiger partial charge in [-0.1, -0.05) is 12.8 Å². The Morgan fingerprint density at radius 2 is 1.65 bits per heavy atom. The van der Waals surface area contributed by atoms with Crippen LogP contribution < -0.4 is 0 Å². The van der Waals surface area contributed by atoms with Crippen molar-refractivity contribution in [3.05, 3.63) is 0 Å². The summed E-state index contributed by atoms with van der Waals surface area (Å²) in [6.07, 6.45) is 0.384. The second-order valence-electron chi connectivity index (χ2n) is 7.80. The SMILES string of the molecule is CC(C)(C)OC(=O)OCCC1CN(C(=O)O)C2CCCC[C@@H]2N1C(=O)O. The fraction of sp³-hybridized carbons (Fsp3) is 0.824. The van der Waals surface area contributed by atoms with Crippen LogP contribution in [0.25, 0.3) is 0 Å². The summed E-state index contributed by atoms with van der Waals surface area (Å²) in [6.45, 7) is 5.20. The Morgan fingerprint density at radius 3 is 2.19 bits per heavy atom. The largest absolute Gasteiger partial charge is 0.508 e. The Kier molecular flexibility index (Phi) is 6.20. The molecule has 9 heteroatoms. The maximum absolute atomic E-state index is 11.8. The number of carboxylic acid groups (broad SMARTS) is 2. The predicted octanol–water partition coefficient (Wildman–Crippen LogP) is 2.98. The van der Waals surface area contributed by atoms with E-state index in [1.165, 1.54) is 9.80 Å². The average Bonchev–Trinajstić information content (AvgIpc) is 2.51. The van der Waals surface area contributed by atoms with Crippen LogP contribution in [0.15, 0.2) is 0 Å². The first-order valence-electron chi connectivity index (χ1n) is 8.96. The van der Waals surface area contributed by atoms with Crippen molar-refractivity contribution in [1.82, 2.24) is 9.80 Å². The zero-order valence-corrected chi connectivity index (χ0v) is 15.5. The van der Waals surface area contributed by atoms with E-state index < -0.39 is 30.0 Å². The molecule has 9 nitrogen and oxygen atoms in total. The van der Waals surface area contributed by atoms with Crippen molar-refractivity contribution < 1.29 is 34.1 Å². The molecule has 2 amide bonds. The summed E-state index contributed by atoms with van der Waals surface area (Å²) in [4.78, 5) is 37.8. The number of fused-ring (bicyclic) bond motifs is 1. The van der Waals surface area contributed by atoms with Gasteiger partial charge in [0, 0.05) is 13.0 Å². The summed E-state index contributed by atoms with van der Waals surface area (Å²) in [5.74, 6) is 0. The topological polar surface area (TPSA) is 117 Å². The minimum absolute atomic E-state index is 0.0335. The van der Waals surface area contributed by atoms with E-state index in [1.807, 2.05) is 0 Å². The molecule has 0 bridgehead atoms. The molecule has 0 aromatic rings. The summed E-state index contributed by atoms with van der Waals surface area (Å²) in [7, 11) is 0. The molecule has 1 saturated heterocycles. The van der Waals surface area contributed by atoms with Crippen molar-refractivity contribution >= 4 is 18.3 Å². The number of amides is 2. The molecule has 0 spiro atoms. The molecule has 1 aliphatic carbocycles. The standard InChI is InChI=1S/C17H28N2O7/c1-17(2,3)26-16(24)25-9-8-11-10-18(14(20)21)12-6-4-5-7-13(12)19(11)15(22)23/h11-13H,4-10H2,1-3H3,(H,20,21)(H,22,23)/t11?,12?,13-/m0/s1. The van der Waals surface area contributed by atoms with Crippen molar-refractivity contribution in [2.24, 2.45) is 0 Å². The molecule has 2 unspecified atom stereocenters. The highest BCUT2D eigenvalue weighted by Crippen LogP contribution is 2.33. The Bertz CT molecular complexity index is 546. The van der Waals surface area contributed by atoms with Crippen LogP contribution in [0, 0.1) is 0 Å². The van der Waals surface area contributed by atoms with Crippen molar-refractivity contribution in [2.45, 2.75) is 76.6 Å². The fourth-order valence-corrected chi connectivity index (χ4v) is 3.81. The lowest BCUT2D eigenvalue weighted by Crippen LogP contribution is -2.67. The van der Waals surface area contributed by atoms with Crippen molar-refractivity contribution in [3.8, 4) is 0 Å². The number of nitrogens with zero attached hydrogens (tertiary/aromatic N) is 2. The fourth-order valence-electron chi connectivity index (χ4n) is 3.81. The van der Waals surface area contributed by atoms with E-state index in [9.17, 15) is 24.6 Å². The van der Waals surface area contributed by atoms with Gasteiger partial charge < -0.3 is 24.6 Å². The van der Waals surface area contributed by atoms with Crippen LogP contribution in [0.5, 0.6) is 0 Å². The maximum atomic E-state index is 11.8. The van der Waals surface area contributed by atoms with Gasteiger partial charge in [0.15, 0.2) is 0 Å². The smallest absolute Gasteiger partial charge is 0.465 e.